The van der Waals surface area contributed by atoms with Crippen LogP contribution in [0.5, 0.6) is 5.75 Å². The van der Waals surface area contributed by atoms with Crippen molar-refractivity contribution >= 4 is 11.6 Å². The summed E-state index contributed by atoms with van der Waals surface area (Å²) in [5, 5.41) is -0.0814. The summed E-state index contributed by atoms with van der Waals surface area (Å²) in [5.74, 6) is 1.01. The minimum Gasteiger partial charge on any atom is -0.493 e. The lowest BCUT2D eigenvalue weighted by atomic mass is 9.96. The summed E-state index contributed by atoms with van der Waals surface area (Å²) in [6.45, 7) is 2.95. The molecule has 1 heterocycles. The van der Waals surface area contributed by atoms with Gasteiger partial charge in [0.25, 0.3) is 0 Å². The smallest absolute Gasteiger partial charge is 0.122 e. The van der Waals surface area contributed by atoms with E-state index in [0.717, 1.165) is 30.8 Å². The Morgan fingerprint density at radius 1 is 1.21 bits per heavy atom. The van der Waals surface area contributed by atoms with Crippen molar-refractivity contribution in [1.29, 1.82) is 0 Å². The molecule has 0 radical (unpaired) electrons. The predicted octanol–water partition coefficient (Wildman–Crippen LogP) is 4.51. The average molecular weight is 273 g/mol. The molecule has 2 aromatic carbocycles. The number of rotatable bonds is 3. The Kier molecular flexibility index (Phi) is 3.48. The Morgan fingerprint density at radius 3 is 2.89 bits per heavy atom. The minimum absolute atomic E-state index is 0.0814. The topological polar surface area (TPSA) is 9.23 Å². The van der Waals surface area contributed by atoms with Gasteiger partial charge in [0.2, 0.25) is 0 Å². The molecule has 0 bridgehead atoms. The van der Waals surface area contributed by atoms with E-state index in [0.29, 0.717) is 0 Å². The van der Waals surface area contributed by atoms with E-state index >= 15 is 0 Å². The van der Waals surface area contributed by atoms with Crippen LogP contribution in [0.4, 0.5) is 0 Å². The van der Waals surface area contributed by atoms with E-state index in [1.54, 1.807) is 0 Å². The van der Waals surface area contributed by atoms with Crippen molar-refractivity contribution in [3.05, 3.63) is 64.7 Å². The number of benzene rings is 2. The first-order chi connectivity index (χ1) is 9.29. The summed E-state index contributed by atoms with van der Waals surface area (Å²) < 4.78 is 5.54. The van der Waals surface area contributed by atoms with Crippen molar-refractivity contribution in [2.45, 2.75) is 25.1 Å². The number of alkyl halides is 1. The van der Waals surface area contributed by atoms with Crippen LogP contribution in [0.25, 0.3) is 0 Å². The van der Waals surface area contributed by atoms with E-state index in [-0.39, 0.29) is 5.38 Å². The third-order valence-electron chi connectivity index (χ3n) is 3.72. The fourth-order valence-electron chi connectivity index (χ4n) is 2.65. The third-order valence-corrected chi connectivity index (χ3v) is 4.20. The molecule has 2 aromatic rings. The van der Waals surface area contributed by atoms with Crippen LogP contribution < -0.4 is 4.74 Å². The maximum absolute atomic E-state index is 6.68. The van der Waals surface area contributed by atoms with Crippen LogP contribution in [0.2, 0.25) is 0 Å². The summed E-state index contributed by atoms with van der Waals surface area (Å²) in [5.41, 5.74) is 4.97. The summed E-state index contributed by atoms with van der Waals surface area (Å²) in [4.78, 5) is 0. The monoisotopic (exact) mass is 272 g/mol. The second kappa shape index (κ2) is 5.26. The summed E-state index contributed by atoms with van der Waals surface area (Å²) in [7, 11) is 0. The third kappa shape index (κ3) is 2.35. The molecular weight excluding hydrogens is 256 g/mol. The maximum Gasteiger partial charge on any atom is 0.122 e. The minimum atomic E-state index is -0.0814. The van der Waals surface area contributed by atoms with Crippen LogP contribution in [0, 0.1) is 0 Å². The average Bonchev–Trinajstić information content (AvgIpc) is 2.93. The van der Waals surface area contributed by atoms with Gasteiger partial charge in [0, 0.05) is 6.42 Å². The van der Waals surface area contributed by atoms with Crippen molar-refractivity contribution in [2.24, 2.45) is 0 Å². The molecule has 0 amide bonds. The Bertz CT molecular complexity index is 592. The highest BCUT2D eigenvalue weighted by molar-refractivity contribution is 6.22. The summed E-state index contributed by atoms with van der Waals surface area (Å²) in [6, 6.07) is 14.7. The SMILES string of the molecule is CCc1ccccc1C(Cl)c1ccc2c(c1)CCO2. The molecular formula is C17H17ClO. The predicted molar refractivity (Wildman–Crippen MR) is 79.2 cm³/mol. The van der Waals surface area contributed by atoms with E-state index in [1.165, 1.54) is 16.7 Å². The molecule has 0 saturated carbocycles. The molecule has 98 valence electrons. The quantitative estimate of drug-likeness (QED) is 0.747. The molecule has 0 N–H and O–H groups in total. The van der Waals surface area contributed by atoms with Gasteiger partial charge in [-0.3, -0.25) is 0 Å². The van der Waals surface area contributed by atoms with E-state index < -0.39 is 0 Å². The number of ether oxygens (including phenoxy) is 1. The lowest BCUT2D eigenvalue weighted by molar-refractivity contribution is 0.357. The molecule has 1 unspecified atom stereocenters. The Balaban J connectivity index is 1.97. The highest BCUT2D eigenvalue weighted by Gasteiger charge is 2.18. The van der Waals surface area contributed by atoms with Crippen molar-refractivity contribution in [2.75, 3.05) is 6.61 Å². The Morgan fingerprint density at radius 2 is 2.05 bits per heavy atom. The van der Waals surface area contributed by atoms with E-state index in [2.05, 4.69) is 43.3 Å². The number of fused-ring (bicyclic) bond motifs is 1. The number of aryl methyl sites for hydroxylation is 1. The van der Waals surface area contributed by atoms with Gasteiger partial charge in [-0.25, -0.2) is 0 Å². The van der Waals surface area contributed by atoms with Gasteiger partial charge < -0.3 is 4.74 Å². The molecule has 0 aromatic heterocycles. The highest BCUT2D eigenvalue weighted by atomic mass is 35.5. The molecule has 0 aliphatic carbocycles. The van der Waals surface area contributed by atoms with Crippen LogP contribution in [0.3, 0.4) is 0 Å². The molecule has 1 aliphatic rings. The van der Waals surface area contributed by atoms with Crippen molar-refractivity contribution in [3.8, 4) is 5.75 Å². The van der Waals surface area contributed by atoms with Gasteiger partial charge in [-0.05, 0) is 34.7 Å². The largest absolute Gasteiger partial charge is 0.493 e. The Hall–Kier alpha value is -1.47. The van der Waals surface area contributed by atoms with Gasteiger partial charge in [-0.2, -0.15) is 0 Å². The first kappa shape index (κ1) is 12.6. The molecule has 1 nitrogen and oxygen atoms in total. The lowest BCUT2D eigenvalue weighted by Crippen LogP contribution is -1.98. The van der Waals surface area contributed by atoms with Crippen LogP contribution in [-0.4, -0.2) is 6.61 Å². The van der Waals surface area contributed by atoms with Crippen molar-refractivity contribution < 1.29 is 4.74 Å². The summed E-state index contributed by atoms with van der Waals surface area (Å²) in [6.07, 6.45) is 2.00. The zero-order valence-electron chi connectivity index (χ0n) is 11.0. The van der Waals surface area contributed by atoms with Gasteiger partial charge in [-0.15, -0.1) is 11.6 Å². The second-order valence-corrected chi connectivity index (χ2v) is 5.32. The Labute approximate surface area is 119 Å². The van der Waals surface area contributed by atoms with E-state index in [4.69, 9.17) is 16.3 Å². The van der Waals surface area contributed by atoms with Gasteiger partial charge in [0.05, 0.1) is 12.0 Å². The fraction of sp³-hybridized carbons (Fsp3) is 0.294. The first-order valence-corrected chi connectivity index (χ1v) is 7.20. The second-order valence-electron chi connectivity index (χ2n) is 4.88. The van der Waals surface area contributed by atoms with Gasteiger partial charge >= 0.3 is 0 Å². The molecule has 2 heteroatoms. The fourth-order valence-corrected chi connectivity index (χ4v) is 3.00. The van der Waals surface area contributed by atoms with Crippen LogP contribution >= 0.6 is 11.6 Å². The van der Waals surface area contributed by atoms with Gasteiger partial charge in [0.15, 0.2) is 0 Å². The van der Waals surface area contributed by atoms with Crippen LogP contribution in [0.1, 0.15) is 34.6 Å². The first-order valence-electron chi connectivity index (χ1n) is 6.77. The maximum atomic E-state index is 6.68. The normalized spacial score (nSPS) is 14.8. The number of hydrogen-bond donors (Lipinski definition) is 0. The zero-order chi connectivity index (χ0) is 13.2. The van der Waals surface area contributed by atoms with E-state index in [1.807, 2.05) is 6.07 Å². The lowest BCUT2D eigenvalue weighted by Gasteiger charge is -2.15. The molecule has 0 saturated heterocycles. The molecule has 3 rings (SSSR count). The van der Waals surface area contributed by atoms with Crippen molar-refractivity contribution in [1.82, 2.24) is 0 Å². The number of hydrogen-bond acceptors (Lipinski definition) is 1. The molecule has 1 atom stereocenters. The molecule has 0 fully saturated rings. The van der Waals surface area contributed by atoms with Crippen LogP contribution in [-0.2, 0) is 12.8 Å². The van der Waals surface area contributed by atoms with Gasteiger partial charge in [0.1, 0.15) is 5.75 Å². The summed E-state index contributed by atoms with van der Waals surface area (Å²) >= 11 is 6.68. The van der Waals surface area contributed by atoms with Crippen LogP contribution in [0.15, 0.2) is 42.5 Å². The van der Waals surface area contributed by atoms with Crippen molar-refractivity contribution in [3.63, 3.8) is 0 Å². The van der Waals surface area contributed by atoms with Gasteiger partial charge in [-0.1, -0.05) is 43.3 Å². The molecule has 0 spiro atoms. The molecule has 1 aliphatic heterocycles. The zero-order valence-corrected chi connectivity index (χ0v) is 11.8. The highest BCUT2D eigenvalue weighted by Crippen LogP contribution is 2.35. The number of halogens is 1. The van der Waals surface area contributed by atoms with E-state index in [9.17, 15) is 0 Å². The standard InChI is InChI=1S/C17H17ClO/c1-2-12-5-3-4-6-15(12)17(18)14-7-8-16-13(11-14)9-10-19-16/h3-8,11,17H,2,9-10H2,1H3. The molecule has 19 heavy (non-hydrogen) atoms.